The van der Waals surface area contributed by atoms with Crippen molar-refractivity contribution in [3.05, 3.63) is 35.4 Å². The number of carbonyl (C=O) groups is 4. The molecule has 4 N–H and O–H groups in total. The van der Waals surface area contributed by atoms with Gasteiger partial charge >= 0.3 is 0 Å². The molecule has 54 heavy (non-hydrogen) atoms. The van der Waals surface area contributed by atoms with Crippen LogP contribution in [0.5, 0.6) is 0 Å². The Balaban J connectivity index is 2.26. The number of nitrogens with zero attached hydrogens (tertiary/aromatic N) is 3. The smallest absolute Gasteiger partial charge is 0.245 e. The van der Waals surface area contributed by atoms with Crippen LogP contribution in [0.15, 0.2) is 24.3 Å². The first-order chi connectivity index (χ1) is 25.2. The van der Waals surface area contributed by atoms with Crippen LogP contribution in [0.25, 0.3) is 0 Å². The van der Waals surface area contributed by atoms with Crippen molar-refractivity contribution in [3.8, 4) is 0 Å². The average Bonchev–Trinajstić information content (AvgIpc) is 3.59. The number of sulfonamides is 1. The van der Waals surface area contributed by atoms with E-state index in [1.54, 1.807) is 48.0 Å². The molecule has 0 spiro atoms. The van der Waals surface area contributed by atoms with Crippen LogP contribution in [0, 0.1) is 23.7 Å². The Morgan fingerprint density at radius 3 is 2.00 bits per heavy atom. The van der Waals surface area contributed by atoms with Crippen molar-refractivity contribution in [1.29, 1.82) is 0 Å². The quantitative estimate of drug-likeness (QED) is 0.168. The molecular formula is C39H68N6O8S. The van der Waals surface area contributed by atoms with Crippen molar-refractivity contribution >= 4 is 33.7 Å². The van der Waals surface area contributed by atoms with Crippen molar-refractivity contribution < 1.29 is 37.1 Å². The zero-order valence-corrected chi connectivity index (χ0v) is 35.4. The average molecular weight is 781 g/mol. The molecule has 1 aliphatic rings. The van der Waals surface area contributed by atoms with Crippen LogP contribution in [-0.4, -0.2) is 125 Å². The maximum atomic E-state index is 14.2. The monoisotopic (exact) mass is 780 g/mol. The Bertz CT molecular complexity index is 1480. The van der Waals surface area contributed by atoms with Crippen LogP contribution >= 0.6 is 0 Å². The normalized spacial score (nSPS) is 18.9. The number of amides is 4. The SMILES string of the molecule is CC[C@H](C)[C@@H]([C@H](CC(=O)N1CCC[C@H]1[C@H](OC)[C@@H](C)C(=O)NS(=O)(=O)Cc1ccc(CN)cc1)OC)N(C)C(=O)[C@@H](NC(=O)[C@H](C(C)C)N(C)C)C(C)C. The van der Waals surface area contributed by atoms with E-state index in [9.17, 15) is 27.6 Å². The van der Waals surface area contributed by atoms with Crippen molar-refractivity contribution in [1.82, 2.24) is 24.7 Å². The van der Waals surface area contributed by atoms with Crippen LogP contribution < -0.4 is 15.8 Å². The molecule has 1 fully saturated rings. The fraction of sp³-hybridized carbons (Fsp3) is 0.744. The summed E-state index contributed by atoms with van der Waals surface area (Å²) in [7, 11) is 4.34. The lowest BCUT2D eigenvalue weighted by atomic mass is 9.89. The van der Waals surface area contributed by atoms with Crippen molar-refractivity contribution in [2.45, 2.75) is 123 Å². The summed E-state index contributed by atoms with van der Waals surface area (Å²) in [4.78, 5) is 60.2. The van der Waals surface area contributed by atoms with Crippen molar-refractivity contribution in [2.24, 2.45) is 29.4 Å². The molecule has 0 radical (unpaired) electrons. The summed E-state index contributed by atoms with van der Waals surface area (Å²) >= 11 is 0. The van der Waals surface area contributed by atoms with Gasteiger partial charge in [0.2, 0.25) is 33.7 Å². The summed E-state index contributed by atoms with van der Waals surface area (Å²) in [5.74, 6) is -2.94. The lowest BCUT2D eigenvalue weighted by molar-refractivity contribution is -0.148. The van der Waals surface area contributed by atoms with E-state index in [0.29, 0.717) is 37.9 Å². The highest BCUT2D eigenvalue weighted by Gasteiger charge is 2.43. The predicted molar refractivity (Wildman–Crippen MR) is 210 cm³/mol. The van der Waals surface area contributed by atoms with E-state index in [1.165, 1.54) is 14.2 Å². The van der Waals surface area contributed by atoms with Crippen LogP contribution in [0.2, 0.25) is 0 Å². The molecule has 1 heterocycles. The van der Waals surface area contributed by atoms with Gasteiger partial charge in [-0.2, -0.15) is 0 Å². The number of rotatable bonds is 21. The molecule has 0 saturated carbocycles. The second kappa shape index (κ2) is 21.3. The molecular weight excluding hydrogens is 713 g/mol. The third-order valence-electron chi connectivity index (χ3n) is 10.8. The largest absolute Gasteiger partial charge is 0.379 e. The Hall–Kier alpha value is -3.11. The zero-order chi connectivity index (χ0) is 41.1. The van der Waals surface area contributed by atoms with Gasteiger partial charge in [0.05, 0.1) is 48.4 Å². The third kappa shape index (κ3) is 12.5. The number of hydrogen-bond donors (Lipinski definition) is 3. The van der Waals surface area contributed by atoms with E-state index < -0.39 is 58.2 Å². The lowest BCUT2D eigenvalue weighted by Crippen LogP contribution is -2.59. The summed E-state index contributed by atoms with van der Waals surface area (Å²) in [6, 6.07) is 4.63. The van der Waals surface area contributed by atoms with Crippen LogP contribution in [0.1, 0.15) is 85.3 Å². The van der Waals surface area contributed by atoms with Gasteiger partial charge in [0, 0.05) is 34.4 Å². The number of hydrogen-bond acceptors (Lipinski definition) is 10. The van der Waals surface area contributed by atoms with E-state index in [0.717, 1.165) is 5.56 Å². The molecule has 2 rings (SSSR count). The first kappa shape index (κ1) is 47.0. The first-order valence-electron chi connectivity index (χ1n) is 19.2. The van der Waals surface area contributed by atoms with Gasteiger partial charge in [-0.1, -0.05) is 79.2 Å². The van der Waals surface area contributed by atoms with Gasteiger partial charge in [0.25, 0.3) is 0 Å². The summed E-state index contributed by atoms with van der Waals surface area (Å²) in [6.45, 7) is 14.1. The second-order valence-electron chi connectivity index (χ2n) is 15.7. The van der Waals surface area contributed by atoms with Gasteiger partial charge in [0.1, 0.15) is 6.04 Å². The summed E-state index contributed by atoms with van der Waals surface area (Å²) in [5, 5.41) is 3.01. The maximum absolute atomic E-state index is 14.2. The number of likely N-dealkylation sites (N-methyl/N-ethyl adjacent to an activating group) is 2. The number of nitrogens with two attached hydrogens (primary N) is 1. The Kier molecular flexibility index (Phi) is 18.5. The topological polar surface area (TPSA) is 181 Å². The molecule has 1 aromatic carbocycles. The number of nitrogens with one attached hydrogen (secondary N) is 2. The van der Waals surface area contributed by atoms with Gasteiger partial charge in [-0.3, -0.25) is 28.8 Å². The molecule has 4 amide bonds. The molecule has 1 aromatic rings. The van der Waals surface area contributed by atoms with Crippen LogP contribution in [0.4, 0.5) is 0 Å². The fourth-order valence-corrected chi connectivity index (χ4v) is 8.88. The zero-order valence-electron chi connectivity index (χ0n) is 34.6. The lowest BCUT2D eigenvalue weighted by Gasteiger charge is -2.41. The number of methoxy groups -OCH3 is 2. The van der Waals surface area contributed by atoms with E-state index >= 15 is 0 Å². The maximum Gasteiger partial charge on any atom is 0.245 e. The van der Waals surface area contributed by atoms with E-state index in [1.807, 2.05) is 60.5 Å². The minimum Gasteiger partial charge on any atom is -0.379 e. The summed E-state index contributed by atoms with van der Waals surface area (Å²) in [6.07, 6.45) is 0.445. The molecule has 308 valence electrons. The highest BCUT2D eigenvalue weighted by molar-refractivity contribution is 7.89. The second-order valence-corrected chi connectivity index (χ2v) is 17.4. The minimum atomic E-state index is -4.02. The van der Waals surface area contributed by atoms with Crippen molar-refractivity contribution in [2.75, 3.05) is 41.9 Å². The minimum absolute atomic E-state index is 0.0281. The molecule has 0 unspecified atom stereocenters. The number of carbonyl (C=O) groups excluding carboxylic acids is 4. The van der Waals surface area contributed by atoms with Gasteiger partial charge in [-0.05, 0) is 55.8 Å². The molecule has 0 aromatic heterocycles. The number of ether oxygens (including phenoxy) is 2. The summed E-state index contributed by atoms with van der Waals surface area (Å²) in [5.41, 5.74) is 7.02. The molecule has 0 bridgehead atoms. The van der Waals surface area contributed by atoms with Gasteiger partial charge in [-0.15, -0.1) is 0 Å². The van der Waals surface area contributed by atoms with Gasteiger partial charge in [0.15, 0.2) is 0 Å². The van der Waals surface area contributed by atoms with Crippen molar-refractivity contribution in [3.63, 3.8) is 0 Å². The van der Waals surface area contributed by atoms with Gasteiger partial charge < -0.3 is 30.3 Å². The standard InChI is InChI=1S/C39H68N6O8S/c1-13-26(6)35(44(10)39(49)33(24(2)3)41-38(48)34(25(4)5)43(8)9)31(52-11)21-32(46)45-20-14-15-30(45)36(53-12)27(7)37(47)42-54(50,51)23-29-18-16-28(22-40)17-19-29/h16-19,24-27,30-31,33-36H,13-15,20-23,40H2,1-12H3,(H,41,48)(H,42,47)/t26-,27+,30-,31-,33-,34-,35-,36+/m0/s1. The third-order valence-corrected chi connectivity index (χ3v) is 12.0. The highest BCUT2D eigenvalue weighted by Crippen LogP contribution is 2.30. The molecule has 1 saturated heterocycles. The molecule has 1 aliphatic heterocycles. The van der Waals surface area contributed by atoms with Crippen LogP contribution in [-0.2, 0) is 51.0 Å². The van der Waals surface area contributed by atoms with Crippen LogP contribution in [0.3, 0.4) is 0 Å². The van der Waals surface area contributed by atoms with E-state index in [2.05, 4.69) is 10.0 Å². The fourth-order valence-electron chi connectivity index (χ4n) is 7.68. The van der Waals surface area contributed by atoms with E-state index in [4.69, 9.17) is 15.2 Å². The summed E-state index contributed by atoms with van der Waals surface area (Å²) < 4.78 is 39.9. The first-order valence-corrected chi connectivity index (χ1v) is 20.8. The number of benzene rings is 1. The Morgan fingerprint density at radius 2 is 1.52 bits per heavy atom. The molecule has 8 atom stereocenters. The number of likely N-dealkylation sites (tertiary alicyclic amines) is 1. The molecule has 15 heteroatoms. The molecule has 14 nitrogen and oxygen atoms in total. The molecule has 0 aliphatic carbocycles. The van der Waals surface area contributed by atoms with Gasteiger partial charge in [-0.25, -0.2) is 8.42 Å². The Morgan fingerprint density at radius 1 is 0.926 bits per heavy atom. The predicted octanol–water partition coefficient (Wildman–Crippen LogP) is 2.74. The van der Waals surface area contributed by atoms with E-state index in [-0.39, 0.29) is 47.6 Å². The highest BCUT2D eigenvalue weighted by atomic mass is 32.2. The Labute approximate surface area is 324 Å².